The minimum atomic E-state index is -0.613. The van der Waals surface area contributed by atoms with Crippen molar-refractivity contribution in [3.05, 3.63) is 50.8 Å². The Kier molecular flexibility index (Phi) is 4.60. The van der Waals surface area contributed by atoms with E-state index in [1.54, 1.807) is 18.2 Å². The number of anilines is 2. The van der Waals surface area contributed by atoms with E-state index in [0.29, 0.717) is 16.4 Å². The van der Waals surface area contributed by atoms with Crippen molar-refractivity contribution in [1.82, 2.24) is 14.8 Å². The number of para-hydroxylation sites is 1. The lowest BCUT2D eigenvalue weighted by atomic mass is 10.1. The van der Waals surface area contributed by atoms with Crippen LogP contribution in [0.3, 0.4) is 0 Å². The monoisotopic (exact) mass is 401 g/mol. The summed E-state index contributed by atoms with van der Waals surface area (Å²) in [7, 11) is 0. The molecule has 28 heavy (non-hydrogen) atoms. The van der Waals surface area contributed by atoms with Gasteiger partial charge in [0.15, 0.2) is 0 Å². The number of halogens is 1. The Balaban J connectivity index is 1.87. The van der Waals surface area contributed by atoms with Crippen LogP contribution in [-0.4, -0.2) is 54.0 Å². The highest BCUT2D eigenvalue weighted by atomic mass is 35.5. The van der Waals surface area contributed by atoms with E-state index >= 15 is 0 Å². The fourth-order valence-electron chi connectivity index (χ4n) is 3.81. The number of carbonyl (C=O) groups is 2. The van der Waals surface area contributed by atoms with Gasteiger partial charge in [0.1, 0.15) is 5.82 Å². The molecule has 0 spiro atoms. The highest BCUT2D eigenvalue weighted by Crippen LogP contribution is 2.35. The fraction of sp³-hybridized carbons (Fsp3) is 0.316. The second-order valence-electron chi connectivity index (χ2n) is 6.80. The van der Waals surface area contributed by atoms with Crippen LogP contribution in [0.5, 0.6) is 0 Å². The van der Waals surface area contributed by atoms with Gasteiger partial charge in [-0.05, 0) is 18.7 Å². The molecule has 1 fully saturated rings. The minimum Gasteiger partial charge on any atom is -0.384 e. The number of likely N-dealkylation sites (N-methyl/N-ethyl adjacent to an activating group) is 1. The van der Waals surface area contributed by atoms with Crippen LogP contribution in [0.1, 0.15) is 27.6 Å². The second kappa shape index (κ2) is 6.96. The molecule has 8 nitrogen and oxygen atoms in total. The van der Waals surface area contributed by atoms with Crippen LogP contribution in [0.2, 0.25) is 5.02 Å². The third-order valence-corrected chi connectivity index (χ3v) is 5.60. The molecule has 2 aliphatic heterocycles. The zero-order valence-corrected chi connectivity index (χ0v) is 16.1. The molecule has 0 aliphatic carbocycles. The van der Waals surface area contributed by atoms with Gasteiger partial charge in [-0.3, -0.25) is 24.3 Å². The van der Waals surface area contributed by atoms with E-state index in [4.69, 9.17) is 17.3 Å². The number of piperazine rings is 1. The number of carbonyl (C=O) groups excluding carboxylic acids is 2. The molecule has 1 saturated heterocycles. The molecule has 3 N–H and O–H groups in total. The third-order valence-electron chi connectivity index (χ3n) is 5.30. The molecule has 1 aromatic carbocycles. The molecule has 4 rings (SSSR count). The van der Waals surface area contributed by atoms with Gasteiger partial charge in [0, 0.05) is 32.2 Å². The molecule has 3 heterocycles. The lowest BCUT2D eigenvalue weighted by Crippen LogP contribution is -2.46. The van der Waals surface area contributed by atoms with Gasteiger partial charge in [-0.15, -0.1) is 0 Å². The number of nitrogen functional groups attached to an aromatic ring is 1. The van der Waals surface area contributed by atoms with E-state index in [-0.39, 0.29) is 16.9 Å². The number of rotatable bonds is 3. The molecule has 9 heteroatoms. The van der Waals surface area contributed by atoms with E-state index in [9.17, 15) is 14.4 Å². The lowest BCUT2D eigenvalue weighted by molar-refractivity contribution is 0.0880. The van der Waals surface area contributed by atoms with Gasteiger partial charge in [-0.2, -0.15) is 0 Å². The second-order valence-corrected chi connectivity index (χ2v) is 7.21. The smallest absolute Gasteiger partial charge is 0.262 e. The number of aromatic nitrogens is 1. The van der Waals surface area contributed by atoms with Crippen LogP contribution in [0.4, 0.5) is 11.5 Å². The van der Waals surface area contributed by atoms with Gasteiger partial charge in [0.2, 0.25) is 0 Å². The summed E-state index contributed by atoms with van der Waals surface area (Å²) in [5, 5.41) is 2.67. The van der Waals surface area contributed by atoms with Crippen molar-refractivity contribution in [1.29, 1.82) is 0 Å². The van der Waals surface area contributed by atoms with Crippen molar-refractivity contribution >= 4 is 34.9 Å². The van der Waals surface area contributed by atoms with Crippen LogP contribution in [-0.2, 0) is 0 Å². The van der Waals surface area contributed by atoms with Crippen molar-refractivity contribution in [3.63, 3.8) is 0 Å². The van der Waals surface area contributed by atoms with Crippen LogP contribution in [0.15, 0.2) is 29.1 Å². The van der Waals surface area contributed by atoms with E-state index in [1.165, 1.54) is 4.57 Å². The summed E-state index contributed by atoms with van der Waals surface area (Å²) in [6.07, 6.45) is 0. The standard InChI is InChI=1S/C19H20ClN5O3/c1-2-23-6-8-24(9-7-23)16-12(20)4-3-5-13(16)25-14(26)10-11-15(17(25)21)19(28)22-18(11)27/h3-5,10H,2,6-9,21H2,1H3,(H,22,27,28). The normalized spacial score (nSPS) is 17.0. The van der Waals surface area contributed by atoms with Gasteiger partial charge in [-0.25, -0.2) is 0 Å². The van der Waals surface area contributed by atoms with E-state index in [2.05, 4.69) is 22.0 Å². The van der Waals surface area contributed by atoms with Crippen LogP contribution >= 0.6 is 11.6 Å². The zero-order chi connectivity index (χ0) is 20.0. The summed E-state index contributed by atoms with van der Waals surface area (Å²) < 4.78 is 1.25. The Labute approximate surface area is 166 Å². The summed E-state index contributed by atoms with van der Waals surface area (Å²) in [4.78, 5) is 41.3. The molecular formula is C19H20ClN5O3. The predicted molar refractivity (Wildman–Crippen MR) is 108 cm³/mol. The molecule has 0 unspecified atom stereocenters. The maximum absolute atomic E-state index is 12.8. The van der Waals surface area contributed by atoms with E-state index < -0.39 is 17.4 Å². The maximum atomic E-state index is 12.8. The first-order chi connectivity index (χ1) is 13.4. The third kappa shape index (κ3) is 2.85. The van der Waals surface area contributed by atoms with Crippen molar-refractivity contribution in [2.75, 3.05) is 43.4 Å². The number of nitrogens with two attached hydrogens (primary N) is 1. The molecular weight excluding hydrogens is 382 g/mol. The van der Waals surface area contributed by atoms with Crippen molar-refractivity contribution < 1.29 is 9.59 Å². The Morgan fingerprint density at radius 1 is 1.11 bits per heavy atom. The molecule has 0 radical (unpaired) electrons. The van der Waals surface area contributed by atoms with Gasteiger partial charge < -0.3 is 15.5 Å². The van der Waals surface area contributed by atoms with Crippen molar-refractivity contribution in [2.24, 2.45) is 0 Å². The molecule has 2 amide bonds. The molecule has 2 aliphatic rings. The SMILES string of the molecule is CCN1CCN(c2c(Cl)cccc2-n2c(N)c3c(cc2=O)C(=O)NC3=O)CC1. The van der Waals surface area contributed by atoms with E-state index in [0.717, 1.165) is 38.8 Å². The molecule has 0 saturated carbocycles. The molecule has 2 aromatic rings. The first kappa shape index (κ1) is 18.5. The number of pyridine rings is 1. The maximum Gasteiger partial charge on any atom is 0.262 e. The van der Waals surface area contributed by atoms with Crippen LogP contribution in [0.25, 0.3) is 5.69 Å². The Morgan fingerprint density at radius 3 is 2.50 bits per heavy atom. The number of hydrogen-bond donors (Lipinski definition) is 2. The van der Waals surface area contributed by atoms with Gasteiger partial charge in [0.25, 0.3) is 17.4 Å². The first-order valence-electron chi connectivity index (χ1n) is 9.09. The highest BCUT2D eigenvalue weighted by Gasteiger charge is 2.33. The average molecular weight is 402 g/mol. The summed E-state index contributed by atoms with van der Waals surface area (Å²) in [6, 6.07) is 6.38. The van der Waals surface area contributed by atoms with Crippen molar-refractivity contribution in [3.8, 4) is 5.69 Å². The number of amides is 2. The molecule has 0 atom stereocenters. The summed E-state index contributed by atoms with van der Waals surface area (Å²) in [5.41, 5.74) is 6.91. The number of nitrogens with one attached hydrogen (secondary N) is 1. The number of nitrogens with zero attached hydrogens (tertiary/aromatic N) is 3. The Morgan fingerprint density at radius 2 is 1.82 bits per heavy atom. The van der Waals surface area contributed by atoms with Gasteiger partial charge in [0.05, 0.1) is 27.5 Å². The minimum absolute atomic E-state index is 0.00360. The average Bonchev–Trinajstić information content (AvgIpc) is 2.95. The number of benzene rings is 1. The number of fused-ring (bicyclic) bond motifs is 1. The predicted octanol–water partition coefficient (Wildman–Crippen LogP) is 1.10. The van der Waals surface area contributed by atoms with Gasteiger partial charge >= 0.3 is 0 Å². The van der Waals surface area contributed by atoms with Crippen LogP contribution < -0.4 is 21.5 Å². The molecule has 0 bridgehead atoms. The zero-order valence-electron chi connectivity index (χ0n) is 15.4. The topological polar surface area (TPSA) is 101 Å². The summed E-state index contributed by atoms with van der Waals surface area (Å²) in [6.45, 7) is 6.36. The lowest BCUT2D eigenvalue weighted by Gasteiger charge is -2.37. The summed E-state index contributed by atoms with van der Waals surface area (Å²) >= 11 is 6.51. The van der Waals surface area contributed by atoms with E-state index in [1.807, 2.05) is 0 Å². The first-order valence-corrected chi connectivity index (χ1v) is 9.47. The number of imide groups is 1. The highest BCUT2D eigenvalue weighted by molar-refractivity contribution is 6.33. The Hall–Kier alpha value is -2.84. The van der Waals surface area contributed by atoms with Crippen molar-refractivity contribution in [2.45, 2.75) is 6.92 Å². The Bertz CT molecular complexity index is 1040. The quantitative estimate of drug-likeness (QED) is 0.747. The number of hydrogen-bond acceptors (Lipinski definition) is 6. The summed E-state index contributed by atoms with van der Waals surface area (Å²) in [5.74, 6) is -1.29. The largest absolute Gasteiger partial charge is 0.384 e. The fourth-order valence-corrected chi connectivity index (χ4v) is 4.10. The van der Waals surface area contributed by atoms with Crippen LogP contribution in [0, 0.1) is 0 Å². The molecule has 146 valence electrons. The molecule has 1 aromatic heterocycles. The van der Waals surface area contributed by atoms with Gasteiger partial charge in [-0.1, -0.05) is 24.6 Å².